The van der Waals surface area contributed by atoms with Crippen molar-refractivity contribution in [3.8, 4) is 0 Å². The van der Waals surface area contributed by atoms with Gasteiger partial charge in [0.05, 0.1) is 47.5 Å². The topological polar surface area (TPSA) is 189 Å². The molecule has 0 atom stereocenters. The number of nitrogens with one attached hydrogen (secondary N) is 4. The van der Waals surface area contributed by atoms with Crippen LogP contribution in [0.15, 0.2) is 79.1 Å². The van der Waals surface area contributed by atoms with Crippen LogP contribution in [0.2, 0.25) is 0 Å². The second kappa shape index (κ2) is 21.8. The molecule has 2 saturated carbocycles. The van der Waals surface area contributed by atoms with E-state index in [0.29, 0.717) is 63.9 Å². The van der Waals surface area contributed by atoms with Crippen molar-refractivity contribution in [3.63, 3.8) is 0 Å². The van der Waals surface area contributed by atoms with E-state index in [0.717, 1.165) is 90.2 Å². The number of amides is 4. The molecule has 20 heteroatoms. The van der Waals surface area contributed by atoms with Gasteiger partial charge in [-0.1, -0.05) is 18.2 Å². The summed E-state index contributed by atoms with van der Waals surface area (Å²) >= 11 is 0. The molecule has 4 aliphatic rings. The third-order valence-electron chi connectivity index (χ3n) is 14.2. The number of rotatable bonds is 12. The summed E-state index contributed by atoms with van der Waals surface area (Å²) in [6.07, 6.45) is 0.407. The monoisotopic (exact) mass is 994 g/mol. The average Bonchev–Trinajstić information content (AvgIpc) is 3.31. The average molecular weight is 995 g/mol. The van der Waals surface area contributed by atoms with Crippen molar-refractivity contribution >= 4 is 23.6 Å². The van der Waals surface area contributed by atoms with Crippen molar-refractivity contribution in [3.05, 3.63) is 129 Å². The minimum Gasteiger partial charge on any atom is -0.385 e. The highest BCUT2D eigenvalue weighted by Crippen LogP contribution is 2.41. The van der Waals surface area contributed by atoms with E-state index in [1.54, 1.807) is 12.4 Å². The van der Waals surface area contributed by atoms with Crippen LogP contribution in [0, 0.1) is 20.8 Å². The maximum absolute atomic E-state index is 12.8. The molecule has 6 N–H and O–H groups in total. The molecule has 2 aliphatic heterocycles. The molecule has 0 radical (unpaired) electrons. The lowest BCUT2D eigenvalue weighted by molar-refractivity contribution is -0.138. The number of nitrogens with zero attached hydrogens (tertiary/aromatic N) is 4. The first-order chi connectivity index (χ1) is 33.5. The van der Waals surface area contributed by atoms with Gasteiger partial charge in [0.1, 0.15) is 0 Å². The van der Waals surface area contributed by atoms with Crippen LogP contribution in [-0.2, 0) is 33.1 Å². The number of alkyl halides is 6. The van der Waals surface area contributed by atoms with Gasteiger partial charge >= 0.3 is 12.4 Å². The van der Waals surface area contributed by atoms with Gasteiger partial charge < -0.3 is 31.5 Å². The fourth-order valence-corrected chi connectivity index (χ4v) is 9.67. The fourth-order valence-electron chi connectivity index (χ4n) is 9.67. The van der Waals surface area contributed by atoms with E-state index in [2.05, 4.69) is 41.0 Å². The first-order valence-electron chi connectivity index (χ1n) is 23.8. The molecule has 4 aromatic rings. The Morgan fingerprint density at radius 1 is 0.606 bits per heavy atom. The third kappa shape index (κ3) is 13.5. The maximum atomic E-state index is 12.8. The molecule has 2 aromatic carbocycles. The van der Waals surface area contributed by atoms with E-state index in [1.165, 1.54) is 12.1 Å². The van der Waals surface area contributed by atoms with Crippen LogP contribution in [0.25, 0.3) is 0 Å². The molecule has 0 bridgehead atoms. The zero-order chi connectivity index (χ0) is 51.3. The summed E-state index contributed by atoms with van der Waals surface area (Å²) in [5.74, 6) is -2.25. The summed E-state index contributed by atoms with van der Waals surface area (Å²) in [4.78, 5) is 62.0. The van der Waals surface area contributed by atoms with E-state index in [-0.39, 0.29) is 48.1 Å². The van der Waals surface area contributed by atoms with Crippen molar-refractivity contribution in [2.24, 2.45) is 0 Å². The molecule has 0 spiro atoms. The van der Waals surface area contributed by atoms with Gasteiger partial charge in [0.2, 0.25) is 11.8 Å². The lowest BCUT2D eigenvalue weighted by Gasteiger charge is -2.48. The normalized spacial score (nSPS) is 23.3. The predicted molar refractivity (Wildman–Crippen MR) is 250 cm³/mol. The van der Waals surface area contributed by atoms with Gasteiger partial charge in [0.25, 0.3) is 11.8 Å². The maximum Gasteiger partial charge on any atom is 0.416 e. The lowest BCUT2D eigenvalue weighted by Crippen LogP contribution is -2.63. The van der Waals surface area contributed by atoms with Crippen LogP contribution < -0.4 is 21.3 Å². The van der Waals surface area contributed by atoms with E-state index < -0.39 is 46.5 Å². The zero-order valence-electron chi connectivity index (χ0n) is 39.8. The summed E-state index contributed by atoms with van der Waals surface area (Å²) in [5.41, 5.74) is 0.799. The standard InChI is InChI=1S/C26H31F3N4O3.C25H29F3N4O3/c1-16-10-20(12-30-17(16)2)25(36)8-6-22(7-9-25)33-14-21(15-33)32-23(34)13-31-24(35)18-4-3-5-19(11-18)26(27,28)29;1-16-5-6-19(12-29-16)24(35)9-7-21(8-10-24)32-14-20(15-32)31-22(33)13-30-23(34)17-3-2-4-18(11-17)25(26,27)28/h3-5,10-12,21-22,36H,6-9,13-15H2,1-2H3,(H,31,35)(H,32,34);2-6,11-12,20-21,35H,7-10,13-15H2,1H3,(H,30,34)(H,31,33). The molecule has 2 aliphatic carbocycles. The number of aryl methyl sites for hydroxylation is 3. The molecule has 14 nitrogen and oxygen atoms in total. The SMILES string of the molecule is Cc1cc(C2(O)CCC(N3CC(NC(=O)CNC(=O)c4cccc(C(F)(F)F)c4)C3)CC2)cnc1C.Cc1ccc(C2(O)CCC(N3CC(NC(=O)CNC(=O)c4cccc(C(F)(F)F)c4)C3)CC2)cn1. The van der Waals surface area contributed by atoms with Gasteiger partial charge in [-0.3, -0.25) is 38.9 Å². The number of benzene rings is 2. The van der Waals surface area contributed by atoms with E-state index in [9.17, 15) is 55.7 Å². The van der Waals surface area contributed by atoms with E-state index in [1.807, 2.05) is 39.0 Å². The van der Waals surface area contributed by atoms with Gasteiger partial charge in [-0.25, -0.2) is 0 Å². The zero-order valence-corrected chi connectivity index (χ0v) is 39.8. The van der Waals surface area contributed by atoms with Crippen molar-refractivity contribution in [2.75, 3.05) is 39.3 Å². The van der Waals surface area contributed by atoms with Crippen LogP contribution in [0.5, 0.6) is 0 Å². The molecule has 71 heavy (non-hydrogen) atoms. The Hall–Kier alpha value is -5.96. The van der Waals surface area contributed by atoms with Crippen molar-refractivity contribution < 1.29 is 55.7 Å². The number of carbonyl (C=O) groups is 4. The summed E-state index contributed by atoms with van der Waals surface area (Å²) in [6.45, 7) is 7.95. The Bertz CT molecular complexity index is 2530. The fraction of sp³-hybridized carbons (Fsp3) is 0.490. The molecule has 8 rings (SSSR count). The number of pyridine rings is 2. The van der Waals surface area contributed by atoms with Crippen molar-refractivity contribution in [1.29, 1.82) is 0 Å². The summed E-state index contributed by atoms with van der Waals surface area (Å²) in [7, 11) is 0. The Labute approximate surface area is 408 Å². The minimum absolute atomic E-state index is 0.0462. The summed E-state index contributed by atoms with van der Waals surface area (Å²) in [6, 6.07) is 14.6. The minimum atomic E-state index is -4.54. The number of hydrogen-bond acceptors (Lipinski definition) is 10. The smallest absolute Gasteiger partial charge is 0.385 e. The second-order valence-electron chi connectivity index (χ2n) is 19.3. The van der Waals surface area contributed by atoms with Crippen molar-refractivity contribution in [2.45, 2.75) is 120 Å². The summed E-state index contributed by atoms with van der Waals surface area (Å²) < 4.78 is 76.9. The van der Waals surface area contributed by atoms with Gasteiger partial charge in [0.15, 0.2) is 0 Å². The first kappa shape index (κ1) is 52.9. The Balaban J connectivity index is 0.000000209. The van der Waals surface area contributed by atoms with Crippen molar-refractivity contribution in [1.82, 2.24) is 41.0 Å². The van der Waals surface area contributed by atoms with Crippen LogP contribution in [0.1, 0.15) is 111 Å². The number of carbonyl (C=O) groups excluding carboxylic acids is 4. The number of aliphatic hydroxyl groups is 2. The number of halogens is 6. The summed E-state index contributed by atoms with van der Waals surface area (Å²) in [5, 5.41) is 32.6. The molecule has 2 saturated heterocycles. The lowest BCUT2D eigenvalue weighted by atomic mass is 9.77. The van der Waals surface area contributed by atoms with E-state index in [4.69, 9.17) is 0 Å². The van der Waals surface area contributed by atoms with Gasteiger partial charge in [-0.15, -0.1) is 0 Å². The van der Waals surface area contributed by atoms with Gasteiger partial charge in [-0.2, -0.15) is 26.3 Å². The number of hydrogen-bond donors (Lipinski definition) is 6. The molecule has 2 aromatic heterocycles. The van der Waals surface area contributed by atoms with E-state index >= 15 is 0 Å². The molecule has 4 fully saturated rings. The third-order valence-corrected chi connectivity index (χ3v) is 14.2. The van der Waals surface area contributed by atoms with Gasteiger partial charge in [0, 0.05) is 84.3 Å². The number of aromatic nitrogens is 2. The second-order valence-corrected chi connectivity index (χ2v) is 19.3. The molecular weight excluding hydrogens is 935 g/mol. The molecule has 4 heterocycles. The highest BCUT2D eigenvalue weighted by Gasteiger charge is 2.42. The van der Waals surface area contributed by atoms with Crippen LogP contribution >= 0.6 is 0 Å². The van der Waals surface area contributed by atoms with Crippen LogP contribution in [-0.4, -0.2) is 117 Å². The highest BCUT2D eigenvalue weighted by molar-refractivity contribution is 5.97. The molecule has 382 valence electrons. The first-order valence-corrected chi connectivity index (χ1v) is 23.8. The van der Waals surface area contributed by atoms with Gasteiger partial charge in [-0.05, 0) is 126 Å². The quantitative estimate of drug-likeness (QED) is 0.0941. The Morgan fingerprint density at radius 2 is 1.03 bits per heavy atom. The van der Waals surface area contributed by atoms with Crippen LogP contribution in [0.3, 0.4) is 0 Å². The molecular formula is C51H60F6N8O6. The molecule has 4 amide bonds. The highest BCUT2D eigenvalue weighted by atomic mass is 19.4. The number of likely N-dealkylation sites (tertiary alicyclic amines) is 2. The Kier molecular flexibility index (Phi) is 16.2. The largest absolute Gasteiger partial charge is 0.416 e. The molecule has 0 unspecified atom stereocenters. The van der Waals surface area contributed by atoms with Crippen LogP contribution in [0.4, 0.5) is 26.3 Å². The predicted octanol–water partition coefficient (Wildman–Crippen LogP) is 5.85. The Morgan fingerprint density at radius 3 is 1.42 bits per heavy atom.